The van der Waals surface area contributed by atoms with Crippen LogP contribution in [0.1, 0.15) is 31.7 Å². The van der Waals surface area contributed by atoms with E-state index in [1.807, 2.05) is 0 Å². The van der Waals surface area contributed by atoms with Gasteiger partial charge in [-0.15, -0.1) is 0 Å². The Morgan fingerprint density at radius 3 is 2.75 bits per heavy atom. The fourth-order valence-electron chi connectivity index (χ4n) is 1.90. The van der Waals surface area contributed by atoms with Crippen molar-refractivity contribution in [3.63, 3.8) is 0 Å². The van der Waals surface area contributed by atoms with Crippen molar-refractivity contribution in [2.75, 3.05) is 13.1 Å². The maximum atomic E-state index is 13.8. The predicted molar refractivity (Wildman–Crippen MR) is 76.3 cm³/mol. The lowest BCUT2D eigenvalue weighted by atomic mass is 10.2. The molecule has 1 aliphatic rings. The molecule has 1 saturated carbocycles. The van der Waals surface area contributed by atoms with E-state index in [1.165, 1.54) is 12.1 Å². The second-order valence-electron chi connectivity index (χ2n) is 5.24. The van der Waals surface area contributed by atoms with Gasteiger partial charge in [0.05, 0.1) is 0 Å². The van der Waals surface area contributed by atoms with Gasteiger partial charge < -0.3 is 5.32 Å². The number of hydrogen-bond acceptors (Lipinski definition) is 3. The van der Waals surface area contributed by atoms with Crippen molar-refractivity contribution in [3.05, 3.63) is 29.6 Å². The van der Waals surface area contributed by atoms with E-state index >= 15 is 0 Å². The van der Waals surface area contributed by atoms with Crippen molar-refractivity contribution in [1.29, 1.82) is 0 Å². The molecule has 0 unspecified atom stereocenters. The summed E-state index contributed by atoms with van der Waals surface area (Å²) in [6.45, 7) is 3.84. The van der Waals surface area contributed by atoms with E-state index in [-0.39, 0.29) is 4.90 Å². The molecule has 0 amide bonds. The van der Waals surface area contributed by atoms with Crippen LogP contribution in [0.4, 0.5) is 4.39 Å². The summed E-state index contributed by atoms with van der Waals surface area (Å²) in [5.41, 5.74) is 0.770. The van der Waals surface area contributed by atoms with Crippen LogP contribution in [0.15, 0.2) is 23.1 Å². The van der Waals surface area contributed by atoms with Gasteiger partial charge in [-0.2, -0.15) is 0 Å². The summed E-state index contributed by atoms with van der Waals surface area (Å²) in [7, 11) is -3.75. The summed E-state index contributed by atoms with van der Waals surface area (Å²) >= 11 is 0. The van der Waals surface area contributed by atoms with Gasteiger partial charge in [0, 0.05) is 13.1 Å². The molecule has 4 nitrogen and oxygen atoms in total. The molecule has 1 aromatic rings. The van der Waals surface area contributed by atoms with Crippen LogP contribution in [0.2, 0.25) is 0 Å². The van der Waals surface area contributed by atoms with E-state index in [0.717, 1.165) is 31.4 Å². The quantitative estimate of drug-likeness (QED) is 0.722. The molecule has 0 spiro atoms. The summed E-state index contributed by atoms with van der Waals surface area (Å²) in [6.07, 6.45) is 3.09. The fourth-order valence-corrected chi connectivity index (χ4v) is 3.14. The highest BCUT2D eigenvalue weighted by atomic mass is 32.2. The van der Waals surface area contributed by atoms with E-state index in [9.17, 15) is 12.8 Å². The molecule has 2 N–H and O–H groups in total. The van der Waals surface area contributed by atoms with Crippen molar-refractivity contribution < 1.29 is 12.8 Å². The van der Waals surface area contributed by atoms with Crippen LogP contribution in [0, 0.1) is 11.7 Å². The molecular formula is C14H21FN2O2S. The summed E-state index contributed by atoms with van der Waals surface area (Å²) in [5, 5.41) is 3.17. The normalized spacial score (nSPS) is 15.5. The lowest BCUT2D eigenvalue weighted by Gasteiger charge is -2.10. The third kappa shape index (κ3) is 4.26. The average molecular weight is 300 g/mol. The van der Waals surface area contributed by atoms with Crippen LogP contribution in [-0.2, 0) is 16.6 Å². The molecule has 0 bridgehead atoms. The molecule has 0 aliphatic heterocycles. The van der Waals surface area contributed by atoms with Gasteiger partial charge in [-0.25, -0.2) is 17.5 Å². The van der Waals surface area contributed by atoms with Crippen LogP contribution in [0.3, 0.4) is 0 Å². The minimum absolute atomic E-state index is 0.256. The SMILES string of the molecule is CCCNCc1ccc(F)c(S(=O)(=O)NCC2CC2)c1. The van der Waals surface area contributed by atoms with Crippen molar-refractivity contribution >= 4 is 10.0 Å². The minimum atomic E-state index is -3.75. The Bertz CT molecular complexity index is 556. The van der Waals surface area contributed by atoms with E-state index in [2.05, 4.69) is 17.0 Å². The van der Waals surface area contributed by atoms with E-state index in [1.54, 1.807) is 6.07 Å². The number of sulfonamides is 1. The summed E-state index contributed by atoms with van der Waals surface area (Å²) in [5.74, 6) is -0.283. The molecule has 0 radical (unpaired) electrons. The Morgan fingerprint density at radius 2 is 2.10 bits per heavy atom. The van der Waals surface area contributed by atoms with Crippen molar-refractivity contribution in [2.45, 2.75) is 37.6 Å². The van der Waals surface area contributed by atoms with Gasteiger partial charge in [-0.3, -0.25) is 0 Å². The standard InChI is InChI=1S/C14H21FN2O2S/c1-2-7-16-9-12-5-6-13(15)14(8-12)20(18,19)17-10-11-3-4-11/h5-6,8,11,16-17H,2-4,7,9-10H2,1H3. The van der Waals surface area contributed by atoms with Gasteiger partial charge in [0.15, 0.2) is 0 Å². The molecule has 1 aromatic carbocycles. The summed E-state index contributed by atoms with van der Waals surface area (Å²) in [6, 6.07) is 4.24. The first-order valence-electron chi connectivity index (χ1n) is 7.01. The highest BCUT2D eigenvalue weighted by Crippen LogP contribution is 2.28. The molecule has 1 aliphatic carbocycles. The van der Waals surface area contributed by atoms with Crippen LogP contribution < -0.4 is 10.0 Å². The first-order chi connectivity index (χ1) is 9.53. The second kappa shape index (κ2) is 6.65. The Hall–Kier alpha value is -0.980. The van der Waals surface area contributed by atoms with Crippen LogP contribution >= 0.6 is 0 Å². The summed E-state index contributed by atoms with van der Waals surface area (Å²) < 4.78 is 40.4. The lowest BCUT2D eigenvalue weighted by molar-refractivity contribution is 0.553. The Labute approximate surface area is 119 Å². The van der Waals surface area contributed by atoms with Crippen LogP contribution in [0.5, 0.6) is 0 Å². The molecule has 0 saturated heterocycles. The van der Waals surface area contributed by atoms with E-state index in [4.69, 9.17) is 0 Å². The zero-order valence-electron chi connectivity index (χ0n) is 11.7. The molecule has 112 valence electrons. The minimum Gasteiger partial charge on any atom is -0.313 e. The van der Waals surface area contributed by atoms with Gasteiger partial charge in [-0.05, 0) is 49.4 Å². The number of halogens is 1. The van der Waals surface area contributed by atoms with Gasteiger partial charge >= 0.3 is 0 Å². The van der Waals surface area contributed by atoms with Gasteiger partial charge in [0.2, 0.25) is 10.0 Å². The smallest absolute Gasteiger partial charge is 0.243 e. The first-order valence-corrected chi connectivity index (χ1v) is 8.50. The van der Waals surface area contributed by atoms with Crippen molar-refractivity contribution in [2.24, 2.45) is 5.92 Å². The molecule has 20 heavy (non-hydrogen) atoms. The molecule has 0 aromatic heterocycles. The second-order valence-corrected chi connectivity index (χ2v) is 6.97. The van der Waals surface area contributed by atoms with E-state index in [0.29, 0.717) is 19.0 Å². The predicted octanol–water partition coefficient (Wildman–Crippen LogP) is 2.01. The van der Waals surface area contributed by atoms with Crippen molar-refractivity contribution in [3.8, 4) is 0 Å². The zero-order valence-corrected chi connectivity index (χ0v) is 12.5. The van der Waals surface area contributed by atoms with Gasteiger partial charge in [-0.1, -0.05) is 13.0 Å². The highest BCUT2D eigenvalue weighted by molar-refractivity contribution is 7.89. The molecule has 2 rings (SSSR count). The maximum absolute atomic E-state index is 13.8. The molecule has 1 fully saturated rings. The third-order valence-electron chi connectivity index (χ3n) is 3.30. The van der Waals surface area contributed by atoms with Crippen LogP contribution in [0.25, 0.3) is 0 Å². The van der Waals surface area contributed by atoms with Gasteiger partial charge in [0.1, 0.15) is 10.7 Å². The lowest BCUT2D eigenvalue weighted by Crippen LogP contribution is -2.27. The number of nitrogens with one attached hydrogen (secondary N) is 2. The largest absolute Gasteiger partial charge is 0.313 e. The van der Waals surface area contributed by atoms with E-state index < -0.39 is 15.8 Å². The van der Waals surface area contributed by atoms with Gasteiger partial charge in [0.25, 0.3) is 0 Å². The van der Waals surface area contributed by atoms with Crippen LogP contribution in [-0.4, -0.2) is 21.5 Å². The summed E-state index contributed by atoms with van der Waals surface area (Å²) in [4.78, 5) is -0.256. The Balaban J connectivity index is 2.09. The van der Waals surface area contributed by atoms with Crippen molar-refractivity contribution in [1.82, 2.24) is 10.0 Å². The topological polar surface area (TPSA) is 58.2 Å². The third-order valence-corrected chi connectivity index (χ3v) is 4.74. The molecular weight excluding hydrogens is 279 g/mol. The molecule has 0 heterocycles. The first kappa shape index (κ1) is 15.4. The number of hydrogen-bond donors (Lipinski definition) is 2. The zero-order chi connectivity index (χ0) is 14.6. The number of benzene rings is 1. The molecule has 0 atom stereocenters. The fraction of sp³-hybridized carbons (Fsp3) is 0.571. The highest BCUT2D eigenvalue weighted by Gasteiger charge is 2.25. The Morgan fingerprint density at radius 1 is 1.35 bits per heavy atom. The monoisotopic (exact) mass is 300 g/mol. The average Bonchev–Trinajstić information content (AvgIpc) is 3.23. The molecule has 6 heteroatoms. The maximum Gasteiger partial charge on any atom is 0.243 e. The Kier molecular flexibility index (Phi) is 5.12. The number of rotatable bonds is 8.